The first-order chi connectivity index (χ1) is 11.5. The molecule has 2 bridgehead atoms. The maximum atomic E-state index is 2.58. The Hall–Kier alpha value is -1.26. The summed E-state index contributed by atoms with van der Waals surface area (Å²) in [4.78, 5) is 0. The second kappa shape index (κ2) is 6.81. The van der Waals surface area contributed by atoms with Crippen LogP contribution in [0.4, 0.5) is 0 Å². The van der Waals surface area contributed by atoms with Crippen LogP contribution < -0.4 is 17.0 Å². The highest BCUT2D eigenvalue weighted by molar-refractivity contribution is 5.77. The quantitative estimate of drug-likeness (QED) is 0.671. The molecule has 136 valence electrons. The Bertz CT molecular complexity index is 709. The van der Waals surface area contributed by atoms with E-state index in [1.807, 2.05) is 0 Å². The summed E-state index contributed by atoms with van der Waals surface area (Å²) < 4.78 is 5.74. The minimum absolute atomic E-state index is 0. The highest BCUT2D eigenvalue weighted by atomic mass is 79.9. The van der Waals surface area contributed by atoms with E-state index < -0.39 is 0 Å². The van der Waals surface area contributed by atoms with Crippen molar-refractivity contribution < 1.29 is 21.5 Å². The number of hydrogen-bond donors (Lipinski definition) is 0. The van der Waals surface area contributed by atoms with Crippen LogP contribution in [0.1, 0.15) is 37.1 Å². The molecule has 2 saturated heterocycles. The van der Waals surface area contributed by atoms with Gasteiger partial charge in [0.15, 0.2) is 0 Å². The number of quaternary nitrogens is 1. The predicted octanol–water partition coefficient (Wildman–Crippen LogP) is 0.817. The largest absolute Gasteiger partial charge is 1.00 e. The maximum absolute atomic E-state index is 2.58. The van der Waals surface area contributed by atoms with E-state index in [4.69, 9.17) is 0 Å². The van der Waals surface area contributed by atoms with E-state index in [0.717, 1.165) is 12.1 Å². The molecule has 4 heterocycles. The summed E-state index contributed by atoms with van der Waals surface area (Å²) in [5.41, 5.74) is 4.04. The highest BCUT2D eigenvalue weighted by Crippen LogP contribution is 2.43. The normalized spacial score (nSPS) is 27.0. The van der Waals surface area contributed by atoms with Gasteiger partial charge >= 0.3 is 0 Å². The lowest BCUT2D eigenvalue weighted by Gasteiger charge is -2.44. The van der Waals surface area contributed by atoms with Crippen molar-refractivity contribution >= 4 is 5.57 Å². The molecule has 0 saturated carbocycles. The van der Waals surface area contributed by atoms with Crippen molar-refractivity contribution in [2.75, 3.05) is 14.1 Å². The summed E-state index contributed by atoms with van der Waals surface area (Å²) in [6, 6.07) is 10.5. The van der Waals surface area contributed by atoms with Crippen LogP contribution >= 0.6 is 0 Å². The number of halogens is 1. The van der Waals surface area contributed by atoms with Crippen molar-refractivity contribution in [1.29, 1.82) is 0 Å². The highest BCUT2D eigenvalue weighted by Gasteiger charge is 2.48. The molecule has 2 aromatic rings. The molecule has 2 aliphatic heterocycles. The number of aromatic nitrogens is 2. The molecule has 4 heteroatoms. The molecular formula is C21H30BrN3. The van der Waals surface area contributed by atoms with Gasteiger partial charge in [0.05, 0.1) is 26.2 Å². The molecule has 3 nitrogen and oxygen atoms in total. The molecule has 0 N–H and O–H groups in total. The van der Waals surface area contributed by atoms with Crippen LogP contribution in [-0.2, 0) is 14.1 Å². The third kappa shape index (κ3) is 3.15. The zero-order chi connectivity index (χ0) is 16.9. The van der Waals surface area contributed by atoms with Gasteiger partial charge in [0.2, 0.25) is 0 Å². The molecule has 0 aliphatic carbocycles. The molecule has 2 aromatic heterocycles. The summed E-state index contributed by atoms with van der Waals surface area (Å²) in [5.74, 6) is 0.702. The van der Waals surface area contributed by atoms with Crippen molar-refractivity contribution in [3.05, 3.63) is 54.1 Å². The van der Waals surface area contributed by atoms with Gasteiger partial charge in [-0.15, -0.1) is 0 Å². The fraction of sp³-hybridized carbons (Fsp3) is 0.524. The van der Waals surface area contributed by atoms with E-state index in [1.54, 1.807) is 0 Å². The first-order valence-electron chi connectivity index (χ1n) is 9.25. The van der Waals surface area contributed by atoms with Crippen molar-refractivity contribution in [1.82, 2.24) is 9.13 Å². The predicted molar refractivity (Wildman–Crippen MR) is 99.5 cm³/mol. The molecule has 0 spiro atoms. The smallest absolute Gasteiger partial charge is 0.0896 e. The van der Waals surface area contributed by atoms with Gasteiger partial charge in [-0.25, -0.2) is 0 Å². The van der Waals surface area contributed by atoms with Gasteiger partial charge in [0.1, 0.15) is 0 Å². The number of piperidine rings is 1. The van der Waals surface area contributed by atoms with Crippen molar-refractivity contribution in [3.8, 4) is 0 Å². The molecule has 0 amide bonds. The van der Waals surface area contributed by atoms with E-state index in [1.165, 1.54) is 47.1 Å². The van der Waals surface area contributed by atoms with Gasteiger partial charge in [-0.05, 0) is 30.2 Å². The summed E-state index contributed by atoms with van der Waals surface area (Å²) in [7, 11) is 9.18. The molecule has 0 aromatic carbocycles. The summed E-state index contributed by atoms with van der Waals surface area (Å²) in [6.07, 6.45) is 12.4. The number of rotatable bonds is 3. The third-order valence-electron chi connectivity index (χ3n) is 6.71. The second-order valence-electron chi connectivity index (χ2n) is 8.33. The molecule has 0 radical (unpaired) electrons. The van der Waals surface area contributed by atoms with Crippen LogP contribution in [-0.4, -0.2) is 39.8 Å². The Morgan fingerprint density at radius 2 is 1.44 bits per heavy atom. The Morgan fingerprint density at radius 1 is 0.960 bits per heavy atom. The lowest BCUT2D eigenvalue weighted by atomic mass is 9.87. The average Bonchev–Trinajstić information content (AvgIpc) is 3.15. The van der Waals surface area contributed by atoms with Crippen LogP contribution in [0.5, 0.6) is 0 Å². The number of allylic oxidation sites excluding steroid dienone is 1. The first-order valence-corrected chi connectivity index (χ1v) is 9.25. The van der Waals surface area contributed by atoms with Crippen molar-refractivity contribution in [3.63, 3.8) is 0 Å². The SMILES string of the molecule is Cn1cccc1C(=CC1CC2CCC(C1)[N+]2(C)C)c1cccn1C.[Br-]. The van der Waals surface area contributed by atoms with Crippen LogP contribution in [0.2, 0.25) is 0 Å². The Kier molecular flexibility index (Phi) is 5.04. The van der Waals surface area contributed by atoms with Crippen LogP contribution in [0.25, 0.3) is 5.57 Å². The fourth-order valence-electron chi connectivity index (χ4n) is 5.08. The molecule has 2 aliphatic rings. The molecular weight excluding hydrogens is 374 g/mol. The second-order valence-corrected chi connectivity index (χ2v) is 8.33. The van der Waals surface area contributed by atoms with E-state index in [9.17, 15) is 0 Å². The van der Waals surface area contributed by atoms with Gasteiger partial charge in [-0.2, -0.15) is 0 Å². The number of hydrogen-bond acceptors (Lipinski definition) is 0. The van der Waals surface area contributed by atoms with E-state index in [0.29, 0.717) is 5.92 Å². The third-order valence-corrected chi connectivity index (χ3v) is 6.71. The zero-order valence-corrected chi connectivity index (χ0v) is 17.4. The molecule has 2 unspecified atom stereocenters. The summed E-state index contributed by atoms with van der Waals surface area (Å²) in [5, 5.41) is 0. The van der Waals surface area contributed by atoms with Crippen molar-refractivity contribution in [2.24, 2.45) is 20.0 Å². The molecule has 4 rings (SSSR count). The first kappa shape index (κ1) is 18.5. The van der Waals surface area contributed by atoms with E-state index >= 15 is 0 Å². The lowest BCUT2D eigenvalue weighted by molar-refractivity contribution is -0.931. The van der Waals surface area contributed by atoms with Crippen LogP contribution in [0, 0.1) is 5.92 Å². The van der Waals surface area contributed by atoms with E-state index in [2.05, 4.69) is 80.1 Å². The minimum Gasteiger partial charge on any atom is -1.00 e. The van der Waals surface area contributed by atoms with Gasteiger partial charge in [-0.1, -0.05) is 6.08 Å². The number of aryl methyl sites for hydroxylation is 2. The Balaban J connectivity index is 0.00000182. The minimum atomic E-state index is 0. The maximum Gasteiger partial charge on any atom is 0.0896 e. The molecule has 25 heavy (non-hydrogen) atoms. The summed E-state index contributed by atoms with van der Waals surface area (Å²) in [6.45, 7) is 0. The number of fused-ring (bicyclic) bond motifs is 2. The van der Waals surface area contributed by atoms with Crippen molar-refractivity contribution in [2.45, 2.75) is 37.8 Å². The van der Waals surface area contributed by atoms with E-state index in [-0.39, 0.29) is 17.0 Å². The van der Waals surface area contributed by atoms with Gasteiger partial charge in [0, 0.05) is 69.1 Å². The molecule has 2 fully saturated rings. The lowest BCUT2D eigenvalue weighted by Crippen LogP contribution is -3.00. The summed E-state index contributed by atoms with van der Waals surface area (Å²) >= 11 is 0. The topological polar surface area (TPSA) is 9.86 Å². The van der Waals surface area contributed by atoms with Gasteiger partial charge < -0.3 is 30.6 Å². The molecule has 2 atom stereocenters. The van der Waals surface area contributed by atoms with Gasteiger partial charge in [0.25, 0.3) is 0 Å². The van der Waals surface area contributed by atoms with Gasteiger partial charge in [-0.3, -0.25) is 0 Å². The fourth-order valence-corrected chi connectivity index (χ4v) is 5.08. The Labute approximate surface area is 162 Å². The average molecular weight is 404 g/mol. The van der Waals surface area contributed by atoms with Crippen LogP contribution in [0.3, 0.4) is 0 Å². The Morgan fingerprint density at radius 3 is 1.84 bits per heavy atom. The van der Waals surface area contributed by atoms with Crippen LogP contribution in [0.15, 0.2) is 42.7 Å². The zero-order valence-electron chi connectivity index (χ0n) is 15.8. The monoisotopic (exact) mass is 403 g/mol. The number of nitrogens with zero attached hydrogens (tertiary/aromatic N) is 3. The standard InChI is InChI=1S/C21H30N3.BrH/c1-22-11-5-7-20(22)19(21-8-6-12-23(21)2)15-16-13-17-9-10-18(14-16)24(17,3)4;/h5-8,11-12,15-18H,9-10,13-14H2,1-4H3;1H/q+1;/p-1.